The lowest BCUT2D eigenvalue weighted by Gasteiger charge is -2.21. The van der Waals surface area contributed by atoms with Gasteiger partial charge in [0.2, 0.25) is 0 Å². The lowest BCUT2D eigenvalue weighted by molar-refractivity contribution is 0.414. The van der Waals surface area contributed by atoms with Gasteiger partial charge in [-0.25, -0.2) is 0 Å². The lowest BCUT2D eigenvalue weighted by atomic mass is 10.0. The smallest absolute Gasteiger partial charge is 0.119 e. The fraction of sp³-hybridized carbons (Fsp3) is 0.294. The van der Waals surface area contributed by atoms with E-state index >= 15 is 0 Å². The van der Waals surface area contributed by atoms with Gasteiger partial charge in [0.05, 0.1) is 13.2 Å². The fourth-order valence-electron chi connectivity index (χ4n) is 2.22. The topological polar surface area (TPSA) is 47.3 Å². The highest BCUT2D eigenvalue weighted by Crippen LogP contribution is 2.25. The van der Waals surface area contributed by atoms with Gasteiger partial charge in [-0.1, -0.05) is 24.3 Å². The van der Waals surface area contributed by atoms with Crippen LogP contribution < -0.4 is 15.8 Å². The number of nitrogens with one attached hydrogen (secondary N) is 1. The molecule has 2 aromatic carbocycles. The molecule has 0 spiro atoms. The Labute approximate surface area is 120 Å². The van der Waals surface area contributed by atoms with Gasteiger partial charge in [-0.3, -0.25) is 0 Å². The monoisotopic (exact) mass is 270 g/mol. The predicted molar refractivity (Wildman–Crippen MR) is 84.3 cm³/mol. The summed E-state index contributed by atoms with van der Waals surface area (Å²) in [6.45, 7) is 4.72. The molecule has 2 aromatic rings. The molecular formula is C17H22N2O. The van der Waals surface area contributed by atoms with Crippen LogP contribution in [0.25, 0.3) is 0 Å². The van der Waals surface area contributed by atoms with Crippen LogP contribution in [0.5, 0.6) is 5.75 Å². The van der Waals surface area contributed by atoms with E-state index in [9.17, 15) is 0 Å². The predicted octanol–water partition coefficient (Wildman–Crippen LogP) is 3.42. The molecule has 0 aliphatic rings. The summed E-state index contributed by atoms with van der Waals surface area (Å²) in [5.74, 6) is 0.851. The number of rotatable bonds is 5. The zero-order valence-electron chi connectivity index (χ0n) is 12.3. The SMILES string of the molecule is COc1cccc(C(CN)Nc2cc(C)ccc2C)c1. The summed E-state index contributed by atoms with van der Waals surface area (Å²) in [7, 11) is 1.68. The van der Waals surface area contributed by atoms with E-state index in [0.717, 1.165) is 17.0 Å². The van der Waals surface area contributed by atoms with Crippen molar-refractivity contribution in [1.29, 1.82) is 0 Å². The van der Waals surface area contributed by atoms with E-state index in [1.165, 1.54) is 11.1 Å². The molecule has 1 unspecified atom stereocenters. The molecule has 0 saturated heterocycles. The lowest BCUT2D eigenvalue weighted by Crippen LogP contribution is -2.21. The second-order valence-electron chi connectivity index (χ2n) is 5.03. The fourth-order valence-corrected chi connectivity index (χ4v) is 2.22. The van der Waals surface area contributed by atoms with Gasteiger partial charge in [0.25, 0.3) is 0 Å². The van der Waals surface area contributed by atoms with Crippen LogP contribution in [0.1, 0.15) is 22.7 Å². The van der Waals surface area contributed by atoms with Crippen LogP contribution in [-0.2, 0) is 0 Å². The van der Waals surface area contributed by atoms with Gasteiger partial charge in [-0.05, 0) is 48.7 Å². The van der Waals surface area contributed by atoms with Crippen LogP contribution in [0.4, 0.5) is 5.69 Å². The van der Waals surface area contributed by atoms with E-state index in [1.54, 1.807) is 7.11 Å². The van der Waals surface area contributed by atoms with Crippen LogP contribution in [0.2, 0.25) is 0 Å². The first-order valence-electron chi connectivity index (χ1n) is 6.82. The maximum atomic E-state index is 5.93. The number of methoxy groups -OCH3 is 1. The van der Waals surface area contributed by atoms with Crippen molar-refractivity contribution in [3.8, 4) is 5.75 Å². The highest BCUT2D eigenvalue weighted by Gasteiger charge is 2.11. The van der Waals surface area contributed by atoms with Gasteiger partial charge in [-0.15, -0.1) is 0 Å². The van der Waals surface area contributed by atoms with E-state index < -0.39 is 0 Å². The summed E-state index contributed by atoms with van der Waals surface area (Å²) in [4.78, 5) is 0. The molecule has 3 N–H and O–H groups in total. The number of nitrogens with two attached hydrogens (primary N) is 1. The zero-order valence-corrected chi connectivity index (χ0v) is 12.3. The van der Waals surface area contributed by atoms with Crippen molar-refractivity contribution in [3.63, 3.8) is 0 Å². The molecule has 3 nitrogen and oxygen atoms in total. The second kappa shape index (κ2) is 6.44. The second-order valence-corrected chi connectivity index (χ2v) is 5.03. The largest absolute Gasteiger partial charge is 0.497 e. The Kier molecular flexibility index (Phi) is 4.64. The minimum absolute atomic E-state index is 0.0746. The molecule has 0 heterocycles. The molecule has 0 aromatic heterocycles. The Balaban J connectivity index is 2.26. The minimum Gasteiger partial charge on any atom is -0.497 e. The molecule has 0 aliphatic heterocycles. The van der Waals surface area contributed by atoms with Crippen LogP contribution in [0.15, 0.2) is 42.5 Å². The first-order chi connectivity index (χ1) is 9.63. The highest BCUT2D eigenvalue weighted by atomic mass is 16.5. The van der Waals surface area contributed by atoms with Gasteiger partial charge >= 0.3 is 0 Å². The zero-order chi connectivity index (χ0) is 14.5. The van der Waals surface area contributed by atoms with Gasteiger partial charge in [-0.2, -0.15) is 0 Å². The molecule has 0 aliphatic carbocycles. The standard InChI is InChI=1S/C17H22N2O/c1-12-7-8-13(2)16(9-12)19-17(11-18)14-5-4-6-15(10-14)20-3/h4-10,17,19H,11,18H2,1-3H3. The van der Waals surface area contributed by atoms with Crippen molar-refractivity contribution < 1.29 is 4.74 Å². The van der Waals surface area contributed by atoms with Crippen molar-refractivity contribution in [2.75, 3.05) is 19.0 Å². The molecule has 1 atom stereocenters. The van der Waals surface area contributed by atoms with E-state index in [2.05, 4.69) is 43.4 Å². The number of ether oxygens (including phenoxy) is 1. The Hall–Kier alpha value is -2.00. The highest BCUT2D eigenvalue weighted by molar-refractivity contribution is 5.54. The number of aryl methyl sites for hydroxylation is 2. The summed E-state index contributed by atoms with van der Waals surface area (Å²) in [6.07, 6.45) is 0. The van der Waals surface area contributed by atoms with E-state index in [4.69, 9.17) is 10.5 Å². The average molecular weight is 270 g/mol. The summed E-state index contributed by atoms with van der Waals surface area (Å²) < 4.78 is 5.27. The molecular weight excluding hydrogens is 248 g/mol. The number of anilines is 1. The van der Waals surface area contributed by atoms with Crippen LogP contribution in [0.3, 0.4) is 0 Å². The Morgan fingerprint density at radius 1 is 1.15 bits per heavy atom. The van der Waals surface area contributed by atoms with E-state index in [0.29, 0.717) is 6.54 Å². The molecule has 20 heavy (non-hydrogen) atoms. The molecule has 0 saturated carbocycles. The summed E-state index contributed by atoms with van der Waals surface area (Å²) in [5, 5.41) is 3.52. The van der Waals surface area contributed by atoms with Crippen molar-refractivity contribution in [3.05, 3.63) is 59.2 Å². The molecule has 0 bridgehead atoms. The quantitative estimate of drug-likeness (QED) is 0.875. The third-order valence-electron chi connectivity index (χ3n) is 3.45. The van der Waals surface area contributed by atoms with Crippen LogP contribution in [0, 0.1) is 13.8 Å². The van der Waals surface area contributed by atoms with Crippen molar-refractivity contribution in [1.82, 2.24) is 0 Å². The van der Waals surface area contributed by atoms with Crippen LogP contribution in [-0.4, -0.2) is 13.7 Å². The molecule has 3 heteroatoms. The third-order valence-corrected chi connectivity index (χ3v) is 3.45. The number of hydrogen-bond donors (Lipinski definition) is 2. The molecule has 0 radical (unpaired) electrons. The maximum absolute atomic E-state index is 5.93. The van der Waals surface area contributed by atoms with Crippen LogP contribution >= 0.6 is 0 Å². The summed E-state index contributed by atoms with van der Waals surface area (Å²) >= 11 is 0. The van der Waals surface area contributed by atoms with Gasteiger partial charge in [0.15, 0.2) is 0 Å². The first kappa shape index (κ1) is 14.4. The molecule has 0 fully saturated rings. The maximum Gasteiger partial charge on any atom is 0.119 e. The minimum atomic E-state index is 0.0746. The number of benzene rings is 2. The third kappa shape index (κ3) is 3.31. The Morgan fingerprint density at radius 2 is 1.95 bits per heavy atom. The van der Waals surface area contributed by atoms with Gasteiger partial charge in [0, 0.05) is 12.2 Å². The number of hydrogen-bond acceptors (Lipinski definition) is 3. The molecule has 0 amide bonds. The summed E-state index contributed by atoms with van der Waals surface area (Å²) in [6, 6.07) is 14.5. The Morgan fingerprint density at radius 3 is 2.65 bits per heavy atom. The average Bonchev–Trinajstić information content (AvgIpc) is 2.48. The van der Waals surface area contributed by atoms with E-state index in [1.807, 2.05) is 18.2 Å². The van der Waals surface area contributed by atoms with E-state index in [-0.39, 0.29) is 6.04 Å². The van der Waals surface area contributed by atoms with Gasteiger partial charge in [0.1, 0.15) is 5.75 Å². The normalized spacial score (nSPS) is 12.0. The first-order valence-corrected chi connectivity index (χ1v) is 6.82. The summed E-state index contributed by atoms with van der Waals surface area (Å²) in [5.41, 5.74) is 10.6. The molecule has 106 valence electrons. The van der Waals surface area contributed by atoms with Gasteiger partial charge < -0.3 is 15.8 Å². The van der Waals surface area contributed by atoms with Crippen molar-refractivity contribution in [2.45, 2.75) is 19.9 Å². The van der Waals surface area contributed by atoms with Crippen molar-refractivity contribution in [2.24, 2.45) is 5.73 Å². The molecule has 2 rings (SSSR count). The Bertz CT molecular complexity index is 581. The van der Waals surface area contributed by atoms with Crippen molar-refractivity contribution >= 4 is 5.69 Å².